The van der Waals surface area contributed by atoms with Crippen LogP contribution in [0.2, 0.25) is 5.02 Å². The summed E-state index contributed by atoms with van der Waals surface area (Å²) < 4.78 is 13.8. The van der Waals surface area contributed by atoms with Crippen LogP contribution < -0.4 is 9.47 Å². The van der Waals surface area contributed by atoms with Gasteiger partial charge < -0.3 is 14.6 Å². The molecule has 1 atom stereocenters. The van der Waals surface area contributed by atoms with Crippen LogP contribution in [-0.2, 0) is 13.1 Å². The van der Waals surface area contributed by atoms with Crippen molar-refractivity contribution in [1.29, 1.82) is 0 Å². The second-order valence-corrected chi connectivity index (χ2v) is 9.69. The van der Waals surface area contributed by atoms with E-state index >= 15 is 0 Å². The maximum Gasteiger partial charge on any atom is 0.120 e. The minimum atomic E-state index is -0.864. The van der Waals surface area contributed by atoms with Gasteiger partial charge in [-0.3, -0.25) is 9.58 Å². The van der Waals surface area contributed by atoms with Gasteiger partial charge in [-0.1, -0.05) is 23.7 Å². The van der Waals surface area contributed by atoms with Gasteiger partial charge in [-0.25, -0.2) is 0 Å². The lowest BCUT2D eigenvalue weighted by Crippen LogP contribution is -2.51. The molecule has 0 amide bonds. The predicted molar refractivity (Wildman–Crippen MR) is 135 cm³/mol. The lowest BCUT2D eigenvalue weighted by atomic mass is 9.93. The Labute approximate surface area is 207 Å². The maximum atomic E-state index is 11.2. The monoisotopic (exact) mass is 483 g/mol. The second-order valence-electron chi connectivity index (χ2n) is 9.31. The lowest BCUT2D eigenvalue weighted by molar-refractivity contribution is -0.0621. The first kappa shape index (κ1) is 24.6. The van der Waals surface area contributed by atoms with E-state index in [1.165, 1.54) is 5.56 Å². The second kappa shape index (κ2) is 11.3. The highest BCUT2D eigenvalue weighted by molar-refractivity contribution is 6.32. The first-order chi connectivity index (χ1) is 16.4. The number of benzene rings is 2. The van der Waals surface area contributed by atoms with Crippen LogP contribution in [0.1, 0.15) is 36.0 Å². The molecule has 0 bridgehead atoms. The van der Waals surface area contributed by atoms with E-state index in [0.29, 0.717) is 13.2 Å². The van der Waals surface area contributed by atoms with Crippen LogP contribution in [0, 0.1) is 13.8 Å². The number of rotatable bonds is 10. The van der Waals surface area contributed by atoms with Crippen LogP contribution >= 0.6 is 11.6 Å². The molecule has 0 saturated carbocycles. The van der Waals surface area contributed by atoms with Gasteiger partial charge >= 0.3 is 0 Å². The van der Waals surface area contributed by atoms with Gasteiger partial charge in [-0.2, -0.15) is 5.10 Å². The van der Waals surface area contributed by atoms with Gasteiger partial charge in [-0.05, 0) is 80.3 Å². The molecule has 4 rings (SSSR count). The van der Waals surface area contributed by atoms with Gasteiger partial charge in [0, 0.05) is 43.5 Å². The zero-order valence-corrected chi connectivity index (χ0v) is 20.8. The van der Waals surface area contributed by atoms with Crippen molar-refractivity contribution in [1.82, 2.24) is 14.7 Å². The Morgan fingerprint density at radius 2 is 1.85 bits per heavy atom. The number of aliphatic hydroxyl groups is 1. The molecule has 1 aliphatic rings. The molecule has 34 heavy (non-hydrogen) atoms. The summed E-state index contributed by atoms with van der Waals surface area (Å²) in [5, 5.41) is 16.2. The van der Waals surface area contributed by atoms with Crippen molar-refractivity contribution < 1.29 is 14.6 Å². The summed E-state index contributed by atoms with van der Waals surface area (Å²) in [7, 11) is 0. The van der Waals surface area contributed by atoms with Crippen LogP contribution in [-0.4, -0.2) is 51.7 Å². The van der Waals surface area contributed by atoms with Crippen molar-refractivity contribution in [2.24, 2.45) is 0 Å². The first-order valence-electron chi connectivity index (χ1n) is 11.9. The van der Waals surface area contributed by atoms with Crippen molar-refractivity contribution in [2.75, 3.05) is 26.3 Å². The summed E-state index contributed by atoms with van der Waals surface area (Å²) >= 11 is 6.26. The topological polar surface area (TPSA) is 59.8 Å². The van der Waals surface area contributed by atoms with E-state index in [2.05, 4.69) is 22.1 Å². The van der Waals surface area contributed by atoms with E-state index in [1.54, 1.807) is 6.20 Å². The van der Waals surface area contributed by atoms with Crippen LogP contribution in [0.3, 0.4) is 0 Å². The Balaban J connectivity index is 1.24. The van der Waals surface area contributed by atoms with Crippen LogP contribution in [0.25, 0.3) is 0 Å². The van der Waals surface area contributed by atoms with Gasteiger partial charge in [0.2, 0.25) is 0 Å². The fourth-order valence-corrected chi connectivity index (χ4v) is 4.57. The molecule has 2 heterocycles. The van der Waals surface area contributed by atoms with Crippen LogP contribution in [0.15, 0.2) is 54.9 Å². The smallest absolute Gasteiger partial charge is 0.120 e. The minimum absolute atomic E-state index is 0.273. The Morgan fingerprint density at radius 1 is 1.09 bits per heavy atom. The van der Waals surface area contributed by atoms with Crippen molar-refractivity contribution in [3.8, 4) is 11.5 Å². The van der Waals surface area contributed by atoms with E-state index in [-0.39, 0.29) is 6.61 Å². The van der Waals surface area contributed by atoms with Gasteiger partial charge in [0.05, 0.1) is 6.61 Å². The molecular weight excluding hydrogens is 450 g/mol. The number of nitrogens with zero attached hydrogens (tertiary/aromatic N) is 3. The molecule has 1 saturated heterocycles. The first-order valence-corrected chi connectivity index (χ1v) is 12.3. The van der Waals surface area contributed by atoms with E-state index in [1.807, 2.05) is 55.1 Å². The third kappa shape index (κ3) is 6.75. The van der Waals surface area contributed by atoms with Gasteiger partial charge in [0.25, 0.3) is 0 Å². The zero-order valence-electron chi connectivity index (χ0n) is 20.0. The molecule has 1 fully saturated rings. The third-order valence-corrected chi connectivity index (χ3v) is 6.84. The highest BCUT2D eigenvalue weighted by Gasteiger charge is 2.34. The largest absolute Gasteiger partial charge is 0.494 e. The molecule has 0 spiro atoms. The zero-order chi connectivity index (χ0) is 24.0. The number of ether oxygens (including phenoxy) is 2. The predicted octanol–water partition coefficient (Wildman–Crippen LogP) is 5.03. The number of aryl methyl sites for hydroxylation is 3. The minimum Gasteiger partial charge on any atom is -0.494 e. The van der Waals surface area contributed by atoms with Crippen LogP contribution in [0.5, 0.6) is 11.5 Å². The number of β-amino-alcohol motifs (C(OH)–C–C–N with tert-alkyl or cyclic N) is 1. The number of likely N-dealkylation sites (tertiary alicyclic amines) is 1. The van der Waals surface area contributed by atoms with Crippen molar-refractivity contribution in [3.05, 3.63) is 76.6 Å². The molecule has 7 heteroatoms. The molecule has 0 unspecified atom stereocenters. The average Bonchev–Trinajstić information content (AvgIpc) is 3.34. The van der Waals surface area contributed by atoms with E-state index < -0.39 is 5.60 Å². The van der Waals surface area contributed by atoms with E-state index in [9.17, 15) is 5.11 Å². The number of aromatic nitrogens is 2. The molecule has 0 aliphatic carbocycles. The standard InChI is InChI=1S/C27H34ClN3O3/c1-21-16-25(17-22(2)26(21)28)34-20-27(32)10-3-12-30(19-27)18-23-6-8-24(9-7-23)33-15-5-14-31-13-4-11-29-31/h4,6-9,11,13,16-17,32H,3,5,10,12,14-15,18-20H2,1-2H3/t27-/m1/s1. The number of hydrogen-bond donors (Lipinski definition) is 1. The Morgan fingerprint density at radius 3 is 2.56 bits per heavy atom. The summed E-state index contributed by atoms with van der Waals surface area (Å²) in [5.74, 6) is 1.63. The van der Waals surface area contributed by atoms with Crippen molar-refractivity contribution in [3.63, 3.8) is 0 Å². The molecular formula is C27H34ClN3O3. The molecule has 1 aromatic heterocycles. The van der Waals surface area contributed by atoms with E-state index in [4.69, 9.17) is 21.1 Å². The molecule has 0 radical (unpaired) electrons. The van der Waals surface area contributed by atoms with Crippen LogP contribution in [0.4, 0.5) is 0 Å². The molecule has 1 N–H and O–H groups in total. The summed E-state index contributed by atoms with van der Waals surface area (Å²) in [4.78, 5) is 2.30. The fraction of sp³-hybridized carbons (Fsp3) is 0.444. The quantitative estimate of drug-likeness (QED) is 0.410. The lowest BCUT2D eigenvalue weighted by Gasteiger charge is -2.39. The SMILES string of the molecule is Cc1cc(OC[C@@]2(O)CCCN(Cc3ccc(OCCCn4cccn4)cc3)C2)cc(C)c1Cl. The highest BCUT2D eigenvalue weighted by atomic mass is 35.5. The molecule has 2 aromatic carbocycles. The van der Waals surface area contributed by atoms with Gasteiger partial charge in [0.1, 0.15) is 23.7 Å². The summed E-state index contributed by atoms with van der Waals surface area (Å²) in [6, 6.07) is 14.0. The summed E-state index contributed by atoms with van der Waals surface area (Å²) in [6.07, 6.45) is 6.34. The Kier molecular flexibility index (Phi) is 8.14. The third-order valence-electron chi connectivity index (χ3n) is 6.24. The molecule has 6 nitrogen and oxygen atoms in total. The normalized spacial score (nSPS) is 18.7. The Bertz CT molecular complexity index is 1030. The molecule has 182 valence electrons. The summed E-state index contributed by atoms with van der Waals surface area (Å²) in [6.45, 7) is 8.07. The number of halogens is 1. The number of piperidine rings is 1. The van der Waals surface area contributed by atoms with Gasteiger partial charge in [-0.15, -0.1) is 0 Å². The van der Waals surface area contributed by atoms with Crippen molar-refractivity contribution >= 4 is 11.6 Å². The molecule has 1 aliphatic heterocycles. The number of hydrogen-bond acceptors (Lipinski definition) is 5. The van der Waals surface area contributed by atoms with Gasteiger partial charge in [0.15, 0.2) is 0 Å². The summed E-state index contributed by atoms with van der Waals surface area (Å²) in [5.41, 5.74) is 2.31. The molecule has 3 aromatic rings. The van der Waals surface area contributed by atoms with Crippen molar-refractivity contribution in [2.45, 2.75) is 51.8 Å². The highest BCUT2D eigenvalue weighted by Crippen LogP contribution is 2.28. The van der Waals surface area contributed by atoms with E-state index in [0.717, 1.165) is 66.5 Å². The maximum absolute atomic E-state index is 11.2. The average molecular weight is 484 g/mol. The Hall–Kier alpha value is -2.54. The fourth-order valence-electron chi connectivity index (χ4n) is 4.46.